The van der Waals surface area contributed by atoms with Crippen LogP contribution in [-0.4, -0.2) is 25.8 Å². The number of fused-ring (bicyclic) bond motifs is 1. The highest BCUT2D eigenvalue weighted by atomic mass is 32.1. The molecule has 6 heteroatoms. The van der Waals surface area contributed by atoms with E-state index in [4.69, 9.17) is 0 Å². The van der Waals surface area contributed by atoms with Crippen LogP contribution in [0.15, 0.2) is 30.6 Å². The van der Waals surface area contributed by atoms with Crippen molar-refractivity contribution in [1.82, 2.24) is 25.1 Å². The van der Waals surface area contributed by atoms with Gasteiger partial charge in [-0.2, -0.15) is 5.10 Å². The first-order chi connectivity index (χ1) is 9.72. The molecule has 2 aromatic heterocycles. The van der Waals surface area contributed by atoms with Crippen LogP contribution in [0.1, 0.15) is 17.8 Å². The molecule has 1 unspecified atom stereocenters. The third-order valence-electron chi connectivity index (χ3n) is 3.23. The van der Waals surface area contributed by atoms with Crippen molar-refractivity contribution >= 4 is 21.6 Å². The maximum Gasteiger partial charge on any atom is 0.140 e. The normalized spacial score (nSPS) is 12.9. The summed E-state index contributed by atoms with van der Waals surface area (Å²) in [5, 5.41) is 8.70. The molecule has 1 N–H and O–H groups in total. The monoisotopic (exact) mass is 287 g/mol. The van der Waals surface area contributed by atoms with Crippen molar-refractivity contribution in [2.24, 2.45) is 7.05 Å². The van der Waals surface area contributed by atoms with Crippen LogP contribution in [0.5, 0.6) is 0 Å². The lowest BCUT2D eigenvalue weighted by Crippen LogP contribution is -2.28. The number of nitrogens with one attached hydrogen (secondary N) is 1. The zero-order chi connectivity index (χ0) is 13.9. The minimum absolute atomic E-state index is 0.354. The van der Waals surface area contributed by atoms with E-state index in [1.807, 2.05) is 13.1 Å². The molecule has 0 bridgehead atoms. The lowest BCUT2D eigenvalue weighted by Gasteiger charge is -2.11. The second kappa shape index (κ2) is 5.68. The molecule has 0 aliphatic heterocycles. The predicted molar refractivity (Wildman–Crippen MR) is 80.6 cm³/mol. The van der Waals surface area contributed by atoms with Crippen LogP contribution in [0, 0.1) is 0 Å². The van der Waals surface area contributed by atoms with Gasteiger partial charge in [-0.15, -0.1) is 11.3 Å². The first kappa shape index (κ1) is 13.2. The van der Waals surface area contributed by atoms with Gasteiger partial charge in [-0.1, -0.05) is 12.1 Å². The van der Waals surface area contributed by atoms with Crippen LogP contribution in [0.25, 0.3) is 10.2 Å². The molecule has 5 nitrogen and oxygen atoms in total. The van der Waals surface area contributed by atoms with Crippen LogP contribution in [0.3, 0.4) is 0 Å². The summed E-state index contributed by atoms with van der Waals surface area (Å²) < 4.78 is 3.04. The quantitative estimate of drug-likeness (QED) is 0.781. The fourth-order valence-corrected chi connectivity index (χ4v) is 3.18. The van der Waals surface area contributed by atoms with Gasteiger partial charge in [-0.3, -0.25) is 4.68 Å². The van der Waals surface area contributed by atoms with Crippen molar-refractivity contribution in [2.75, 3.05) is 0 Å². The van der Waals surface area contributed by atoms with Crippen LogP contribution in [0.2, 0.25) is 0 Å². The summed E-state index contributed by atoms with van der Waals surface area (Å²) in [7, 11) is 1.90. The highest BCUT2D eigenvalue weighted by Crippen LogP contribution is 2.22. The molecule has 0 amide bonds. The average molecular weight is 287 g/mol. The Bertz CT molecular complexity index is 669. The first-order valence-corrected chi connectivity index (χ1v) is 7.45. The van der Waals surface area contributed by atoms with Gasteiger partial charge in [-0.05, 0) is 19.1 Å². The van der Waals surface area contributed by atoms with Crippen LogP contribution < -0.4 is 5.32 Å². The Labute approximate surface area is 121 Å². The topological polar surface area (TPSA) is 55.6 Å². The summed E-state index contributed by atoms with van der Waals surface area (Å²) in [6, 6.07) is 8.62. The SMILES string of the molecule is CC(Cc1nc2ccccc2s1)NCc1ncnn1C. The maximum absolute atomic E-state index is 4.66. The zero-order valence-electron chi connectivity index (χ0n) is 11.6. The second-order valence-electron chi connectivity index (χ2n) is 4.86. The molecular weight excluding hydrogens is 270 g/mol. The number of benzene rings is 1. The van der Waals surface area contributed by atoms with E-state index in [1.54, 1.807) is 22.3 Å². The third kappa shape index (κ3) is 2.86. The summed E-state index contributed by atoms with van der Waals surface area (Å²) in [6.45, 7) is 2.89. The van der Waals surface area contributed by atoms with E-state index >= 15 is 0 Å². The molecule has 3 aromatic rings. The Balaban J connectivity index is 1.61. The fourth-order valence-electron chi connectivity index (χ4n) is 2.09. The lowest BCUT2D eigenvalue weighted by atomic mass is 10.2. The van der Waals surface area contributed by atoms with Crippen molar-refractivity contribution in [1.29, 1.82) is 0 Å². The smallest absolute Gasteiger partial charge is 0.140 e. The Morgan fingerprint density at radius 2 is 2.20 bits per heavy atom. The zero-order valence-corrected chi connectivity index (χ0v) is 12.4. The predicted octanol–water partition coefficient (Wildman–Crippen LogP) is 2.15. The van der Waals surface area contributed by atoms with Gasteiger partial charge in [0.25, 0.3) is 0 Å². The summed E-state index contributed by atoms with van der Waals surface area (Å²) in [6.07, 6.45) is 2.51. The Morgan fingerprint density at radius 1 is 1.35 bits per heavy atom. The molecule has 0 saturated carbocycles. The molecule has 0 spiro atoms. The van der Waals surface area contributed by atoms with E-state index in [0.717, 1.165) is 24.3 Å². The number of thiazole rings is 1. The molecule has 0 saturated heterocycles. The van der Waals surface area contributed by atoms with Crippen molar-refractivity contribution in [3.05, 3.63) is 41.4 Å². The van der Waals surface area contributed by atoms with E-state index in [2.05, 4.69) is 45.5 Å². The molecule has 0 aliphatic rings. The number of rotatable bonds is 5. The van der Waals surface area contributed by atoms with Gasteiger partial charge in [0.1, 0.15) is 12.2 Å². The van der Waals surface area contributed by atoms with Gasteiger partial charge in [0, 0.05) is 19.5 Å². The van der Waals surface area contributed by atoms with Crippen molar-refractivity contribution in [2.45, 2.75) is 25.9 Å². The van der Waals surface area contributed by atoms with E-state index in [1.165, 1.54) is 9.71 Å². The number of aromatic nitrogens is 4. The summed E-state index contributed by atoms with van der Waals surface area (Å²) in [4.78, 5) is 8.87. The highest BCUT2D eigenvalue weighted by Gasteiger charge is 2.09. The molecule has 1 atom stereocenters. The molecule has 0 radical (unpaired) electrons. The summed E-state index contributed by atoms with van der Waals surface area (Å²) in [5.74, 6) is 0.946. The molecule has 2 heterocycles. The average Bonchev–Trinajstić information content (AvgIpc) is 3.01. The molecule has 0 aliphatic carbocycles. The van der Waals surface area contributed by atoms with Gasteiger partial charge in [0.2, 0.25) is 0 Å². The molecular formula is C14H17N5S. The van der Waals surface area contributed by atoms with Gasteiger partial charge < -0.3 is 5.32 Å². The second-order valence-corrected chi connectivity index (χ2v) is 5.98. The highest BCUT2D eigenvalue weighted by molar-refractivity contribution is 7.18. The van der Waals surface area contributed by atoms with Gasteiger partial charge in [0.05, 0.1) is 21.8 Å². The maximum atomic E-state index is 4.66. The van der Waals surface area contributed by atoms with Crippen molar-refractivity contribution in [3.63, 3.8) is 0 Å². The van der Waals surface area contributed by atoms with E-state index in [9.17, 15) is 0 Å². The van der Waals surface area contributed by atoms with Gasteiger partial charge in [0.15, 0.2) is 0 Å². The van der Waals surface area contributed by atoms with E-state index in [0.29, 0.717) is 6.04 Å². The number of hydrogen-bond acceptors (Lipinski definition) is 5. The van der Waals surface area contributed by atoms with Gasteiger partial charge >= 0.3 is 0 Å². The number of hydrogen-bond donors (Lipinski definition) is 1. The minimum Gasteiger partial charge on any atom is -0.307 e. The molecule has 0 fully saturated rings. The number of nitrogens with zero attached hydrogens (tertiary/aromatic N) is 4. The minimum atomic E-state index is 0.354. The molecule has 20 heavy (non-hydrogen) atoms. The van der Waals surface area contributed by atoms with Gasteiger partial charge in [-0.25, -0.2) is 9.97 Å². The lowest BCUT2D eigenvalue weighted by molar-refractivity contribution is 0.519. The van der Waals surface area contributed by atoms with Crippen molar-refractivity contribution < 1.29 is 0 Å². The number of aryl methyl sites for hydroxylation is 1. The third-order valence-corrected chi connectivity index (χ3v) is 4.29. The van der Waals surface area contributed by atoms with Crippen molar-refractivity contribution in [3.8, 4) is 0 Å². The largest absolute Gasteiger partial charge is 0.307 e. The van der Waals surface area contributed by atoms with Crippen LogP contribution in [0.4, 0.5) is 0 Å². The molecule has 104 valence electrons. The number of para-hydroxylation sites is 1. The summed E-state index contributed by atoms with van der Waals surface area (Å²) in [5.41, 5.74) is 1.09. The van der Waals surface area contributed by atoms with Crippen LogP contribution in [-0.2, 0) is 20.0 Å². The van der Waals surface area contributed by atoms with Crippen LogP contribution >= 0.6 is 11.3 Å². The standard InChI is InChI=1S/C14H17N5S/c1-10(15-8-13-16-9-17-19(13)2)7-14-18-11-5-3-4-6-12(11)20-14/h3-6,9-10,15H,7-8H2,1-2H3. The van der Waals surface area contributed by atoms with E-state index in [-0.39, 0.29) is 0 Å². The Morgan fingerprint density at radius 3 is 2.95 bits per heavy atom. The Hall–Kier alpha value is -1.79. The summed E-state index contributed by atoms with van der Waals surface area (Å²) >= 11 is 1.77. The Kier molecular flexibility index (Phi) is 3.75. The first-order valence-electron chi connectivity index (χ1n) is 6.63. The fraction of sp³-hybridized carbons (Fsp3) is 0.357. The molecule has 1 aromatic carbocycles. The van der Waals surface area contributed by atoms with E-state index < -0.39 is 0 Å². The molecule has 3 rings (SSSR count).